The first-order valence-corrected chi connectivity index (χ1v) is 8.84. The van der Waals surface area contributed by atoms with Crippen molar-refractivity contribution < 1.29 is 9.53 Å². The van der Waals surface area contributed by atoms with E-state index in [9.17, 15) is 4.79 Å². The van der Waals surface area contributed by atoms with Gasteiger partial charge in [0.2, 0.25) is 5.88 Å². The molecule has 0 bridgehead atoms. The maximum Gasteiger partial charge on any atom is 0.255 e. The number of nitrogens with one attached hydrogen (secondary N) is 1. The van der Waals surface area contributed by atoms with E-state index in [0.29, 0.717) is 17.9 Å². The third kappa shape index (κ3) is 3.71. The summed E-state index contributed by atoms with van der Waals surface area (Å²) in [6, 6.07) is 5.59. The average Bonchev–Trinajstić information content (AvgIpc) is 3.25. The average molecular weight is 356 g/mol. The first-order chi connectivity index (χ1) is 12.1. The van der Waals surface area contributed by atoms with E-state index in [4.69, 9.17) is 4.74 Å². The van der Waals surface area contributed by atoms with Crippen LogP contribution in [0.2, 0.25) is 0 Å². The fourth-order valence-electron chi connectivity index (χ4n) is 2.68. The normalized spacial score (nSPS) is 12.0. The smallest absolute Gasteiger partial charge is 0.255 e. The highest BCUT2D eigenvalue weighted by Gasteiger charge is 2.22. The van der Waals surface area contributed by atoms with Crippen LogP contribution in [0.1, 0.15) is 33.2 Å². The third-order valence-electron chi connectivity index (χ3n) is 4.17. The number of thiophene rings is 1. The van der Waals surface area contributed by atoms with Crippen molar-refractivity contribution in [3.05, 3.63) is 63.7 Å². The monoisotopic (exact) mass is 356 g/mol. The Hall–Kier alpha value is -2.67. The Morgan fingerprint density at radius 3 is 2.92 bits per heavy atom. The van der Waals surface area contributed by atoms with Gasteiger partial charge in [-0.3, -0.25) is 9.48 Å². The second kappa shape index (κ2) is 7.48. The molecule has 6 nitrogen and oxygen atoms in total. The molecular formula is C18H20N4O2S. The number of nitrogens with zero attached hydrogens (tertiary/aromatic N) is 3. The molecule has 3 rings (SSSR count). The van der Waals surface area contributed by atoms with Gasteiger partial charge in [-0.15, -0.1) is 0 Å². The number of amides is 1. The summed E-state index contributed by atoms with van der Waals surface area (Å²) in [5, 5.41) is 11.4. The van der Waals surface area contributed by atoms with E-state index in [2.05, 4.69) is 26.8 Å². The van der Waals surface area contributed by atoms with Gasteiger partial charge in [0, 0.05) is 24.5 Å². The molecule has 0 unspecified atom stereocenters. The second-order valence-corrected chi connectivity index (χ2v) is 6.51. The van der Waals surface area contributed by atoms with Crippen molar-refractivity contribution in [3.8, 4) is 5.88 Å². The number of hydrogen-bond donors (Lipinski definition) is 1. The van der Waals surface area contributed by atoms with Gasteiger partial charge in [-0.1, -0.05) is 6.07 Å². The lowest BCUT2D eigenvalue weighted by Gasteiger charge is -2.20. The van der Waals surface area contributed by atoms with E-state index in [0.717, 1.165) is 16.8 Å². The molecule has 0 saturated carbocycles. The summed E-state index contributed by atoms with van der Waals surface area (Å²) in [6.45, 7) is 1.88. The first-order valence-electron chi connectivity index (χ1n) is 7.89. The number of hydrogen-bond acceptors (Lipinski definition) is 5. The zero-order valence-corrected chi connectivity index (χ0v) is 15.2. The van der Waals surface area contributed by atoms with Crippen LogP contribution in [0.25, 0.3) is 0 Å². The van der Waals surface area contributed by atoms with Gasteiger partial charge in [-0.2, -0.15) is 16.4 Å². The molecule has 0 aliphatic carbocycles. The molecular weight excluding hydrogens is 336 g/mol. The van der Waals surface area contributed by atoms with Crippen molar-refractivity contribution in [2.24, 2.45) is 7.05 Å². The largest absolute Gasteiger partial charge is 0.481 e. The number of methoxy groups -OCH3 is 1. The summed E-state index contributed by atoms with van der Waals surface area (Å²) in [5.74, 6) is 0.364. The molecule has 0 spiro atoms. The topological polar surface area (TPSA) is 69.0 Å². The molecule has 0 aromatic carbocycles. The van der Waals surface area contributed by atoms with Crippen LogP contribution in [0.4, 0.5) is 0 Å². The van der Waals surface area contributed by atoms with Gasteiger partial charge in [-0.25, -0.2) is 4.98 Å². The molecule has 0 aliphatic heterocycles. The van der Waals surface area contributed by atoms with Gasteiger partial charge in [0.25, 0.3) is 5.91 Å². The van der Waals surface area contributed by atoms with Gasteiger partial charge < -0.3 is 10.1 Å². The van der Waals surface area contributed by atoms with Gasteiger partial charge in [0.05, 0.1) is 24.9 Å². The van der Waals surface area contributed by atoms with Gasteiger partial charge >= 0.3 is 0 Å². The number of pyridine rings is 1. The lowest BCUT2D eigenvalue weighted by atomic mass is 10.0. The minimum Gasteiger partial charge on any atom is -0.481 e. The molecule has 3 heterocycles. The van der Waals surface area contributed by atoms with E-state index >= 15 is 0 Å². The fourth-order valence-corrected chi connectivity index (χ4v) is 3.36. The van der Waals surface area contributed by atoms with Crippen molar-refractivity contribution in [1.82, 2.24) is 20.1 Å². The van der Waals surface area contributed by atoms with Gasteiger partial charge in [-0.05, 0) is 41.8 Å². The molecule has 0 radical (unpaired) electrons. The zero-order valence-electron chi connectivity index (χ0n) is 14.4. The predicted molar refractivity (Wildman–Crippen MR) is 97.0 cm³/mol. The van der Waals surface area contributed by atoms with Crippen LogP contribution in [0.15, 0.2) is 41.4 Å². The summed E-state index contributed by atoms with van der Waals surface area (Å²) in [6.07, 6.45) is 3.93. The number of rotatable bonds is 6. The number of carbonyl (C=O) groups is 1. The van der Waals surface area contributed by atoms with Crippen molar-refractivity contribution in [3.63, 3.8) is 0 Å². The minimum absolute atomic E-state index is 0.156. The summed E-state index contributed by atoms with van der Waals surface area (Å²) >= 11 is 1.63. The summed E-state index contributed by atoms with van der Waals surface area (Å²) < 4.78 is 7.07. The Bertz CT molecular complexity index is 858. The molecule has 0 fully saturated rings. The van der Waals surface area contributed by atoms with Crippen LogP contribution in [0.5, 0.6) is 5.88 Å². The van der Waals surface area contributed by atoms with Crippen molar-refractivity contribution in [2.75, 3.05) is 7.11 Å². The summed E-state index contributed by atoms with van der Waals surface area (Å²) in [5.41, 5.74) is 3.40. The highest BCUT2D eigenvalue weighted by Crippen LogP contribution is 2.27. The maximum atomic E-state index is 12.8. The molecule has 7 heteroatoms. The number of aryl methyl sites for hydroxylation is 1. The Labute approximate surface area is 150 Å². The molecule has 25 heavy (non-hydrogen) atoms. The third-order valence-corrected chi connectivity index (χ3v) is 4.91. The summed E-state index contributed by atoms with van der Waals surface area (Å²) in [7, 11) is 3.40. The Kier molecular flexibility index (Phi) is 5.14. The molecule has 130 valence electrons. The van der Waals surface area contributed by atoms with Crippen molar-refractivity contribution in [2.45, 2.75) is 19.4 Å². The summed E-state index contributed by atoms with van der Waals surface area (Å²) in [4.78, 5) is 17.0. The van der Waals surface area contributed by atoms with Crippen LogP contribution in [0, 0.1) is 6.92 Å². The zero-order chi connectivity index (χ0) is 17.8. The molecule has 0 saturated heterocycles. The van der Waals surface area contributed by atoms with E-state index < -0.39 is 0 Å². The van der Waals surface area contributed by atoms with Crippen molar-refractivity contribution in [1.29, 1.82) is 0 Å². The highest BCUT2D eigenvalue weighted by molar-refractivity contribution is 7.07. The molecule has 1 atom stereocenters. The first kappa shape index (κ1) is 17.2. The SMILES string of the molecule is COc1ncccc1[C@H](Cc1ccsc1)NC(=O)c1cnn(C)c1C. The molecule has 1 amide bonds. The Balaban J connectivity index is 1.91. The quantitative estimate of drug-likeness (QED) is 0.737. The standard InChI is InChI=1S/C18H20N4O2S/c1-12-15(10-20-22(12)2)17(23)21-16(9-13-6-8-25-11-13)14-5-4-7-19-18(14)24-3/h4-8,10-11,16H,9H2,1-3H3,(H,21,23)/t16-/m0/s1. The van der Waals surface area contributed by atoms with E-state index in [1.807, 2.05) is 31.5 Å². The minimum atomic E-state index is -0.245. The van der Waals surface area contributed by atoms with Crippen LogP contribution in [-0.2, 0) is 13.5 Å². The van der Waals surface area contributed by atoms with Crippen LogP contribution < -0.4 is 10.1 Å². The molecule has 0 aliphatic rings. The van der Waals surface area contributed by atoms with E-state index in [1.165, 1.54) is 0 Å². The maximum absolute atomic E-state index is 12.8. The van der Waals surface area contributed by atoms with Crippen molar-refractivity contribution >= 4 is 17.2 Å². The lowest BCUT2D eigenvalue weighted by Crippen LogP contribution is -2.30. The lowest BCUT2D eigenvalue weighted by molar-refractivity contribution is 0.0935. The second-order valence-electron chi connectivity index (χ2n) is 5.73. The van der Waals surface area contributed by atoms with Gasteiger partial charge in [0.1, 0.15) is 0 Å². The molecule has 1 N–H and O–H groups in total. The molecule has 3 aromatic heterocycles. The van der Waals surface area contributed by atoms with Gasteiger partial charge in [0.15, 0.2) is 0 Å². The predicted octanol–water partition coefficient (Wildman–Crippen LogP) is 2.91. The fraction of sp³-hybridized carbons (Fsp3) is 0.278. The van der Waals surface area contributed by atoms with Crippen LogP contribution in [-0.4, -0.2) is 27.8 Å². The van der Waals surface area contributed by atoms with E-state index in [-0.39, 0.29) is 11.9 Å². The number of aromatic nitrogens is 3. The Morgan fingerprint density at radius 1 is 1.44 bits per heavy atom. The van der Waals surface area contributed by atoms with Crippen LogP contribution in [0.3, 0.4) is 0 Å². The van der Waals surface area contributed by atoms with E-state index in [1.54, 1.807) is 35.5 Å². The van der Waals surface area contributed by atoms with Crippen LogP contribution >= 0.6 is 11.3 Å². The number of carbonyl (C=O) groups excluding carboxylic acids is 1. The molecule has 3 aromatic rings. The Morgan fingerprint density at radius 2 is 2.28 bits per heavy atom. The highest BCUT2D eigenvalue weighted by atomic mass is 32.1. The number of ether oxygens (including phenoxy) is 1.